The van der Waals surface area contributed by atoms with E-state index in [1.165, 1.54) is 10.4 Å². The monoisotopic (exact) mass is 324 g/mol. The van der Waals surface area contributed by atoms with Crippen LogP contribution >= 0.6 is 27.3 Å². The molecule has 1 aromatic heterocycles. The van der Waals surface area contributed by atoms with Crippen molar-refractivity contribution in [2.45, 2.75) is 20.8 Å². The summed E-state index contributed by atoms with van der Waals surface area (Å²) in [4.78, 5) is 8.35. The fourth-order valence-corrected chi connectivity index (χ4v) is 3.21. The molecule has 0 fully saturated rings. The molecule has 0 aliphatic carbocycles. The Morgan fingerprint density at radius 2 is 1.78 bits per heavy atom. The summed E-state index contributed by atoms with van der Waals surface area (Å²) < 4.78 is 1.10. The maximum Gasteiger partial charge on any atom is 0.186 e. The van der Waals surface area contributed by atoms with Crippen LogP contribution < -0.4 is 4.90 Å². The van der Waals surface area contributed by atoms with Gasteiger partial charge in [-0.25, -0.2) is 4.98 Å². The van der Waals surface area contributed by atoms with E-state index >= 15 is 0 Å². The largest absolute Gasteiger partial charge is 0.349 e. The van der Waals surface area contributed by atoms with Gasteiger partial charge < -0.3 is 4.90 Å². The van der Waals surface area contributed by atoms with E-state index in [4.69, 9.17) is 4.98 Å². The van der Waals surface area contributed by atoms with E-state index in [-0.39, 0.29) is 0 Å². The average Bonchev–Trinajstić information content (AvgIpc) is 2.74. The summed E-state index contributed by atoms with van der Waals surface area (Å²) in [7, 11) is 0. The first kappa shape index (κ1) is 13.6. The van der Waals surface area contributed by atoms with Crippen molar-refractivity contribution < 1.29 is 0 Å². The highest BCUT2D eigenvalue weighted by Gasteiger charge is 2.13. The van der Waals surface area contributed by atoms with E-state index in [2.05, 4.69) is 65.9 Å². The number of nitrogens with zero attached hydrogens (tertiary/aromatic N) is 2. The van der Waals surface area contributed by atoms with Gasteiger partial charge in [0.05, 0.1) is 5.69 Å². The van der Waals surface area contributed by atoms with Gasteiger partial charge in [0.15, 0.2) is 5.13 Å². The average molecular weight is 325 g/mol. The van der Waals surface area contributed by atoms with Crippen molar-refractivity contribution in [2.75, 3.05) is 18.0 Å². The molecule has 1 heterocycles. The number of aryl methyl sites for hydroxylation is 1. The molecule has 0 atom stereocenters. The molecule has 0 aliphatic rings. The summed E-state index contributed by atoms with van der Waals surface area (Å²) in [5.41, 5.74) is 2.29. The number of thiazole rings is 1. The Bertz CT molecular complexity index is 515. The van der Waals surface area contributed by atoms with Crippen molar-refractivity contribution in [3.05, 3.63) is 33.6 Å². The van der Waals surface area contributed by atoms with Crippen molar-refractivity contribution in [2.24, 2.45) is 0 Å². The third kappa shape index (κ3) is 2.75. The molecule has 2 nitrogen and oxygen atoms in total. The number of aromatic nitrogens is 1. The fourth-order valence-electron chi connectivity index (χ4n) is 1.89. The van der Waals surface area contributed by atoms with E-state index in [0.717, 1.165) is 28.4 Å². The lowest BCUT2D eigenvalue weighted by atomic mass is 10.1. The minimum atomic E-state index is 1.00. The Balaban J connectivity index is 2.37. The Morgan fingerprint density at radius 3 is 2.33 bits per heavy atom. The van der Waals surface area contributed by atoms with Gasteiger partial charge in [0.1, 0.15) is 0 Å². The molecule has 0 aliphatic heterocycles. The van der Waals surface area contributed by atoms with Crippen LogP contribution in [0.2, 0.25) is 0 Å². The molecule has 0 N–H and O–H groups in total. The number of hydrogen-bond donors (Lipinski definition) is 0. The van der Waals surface area contributed by atoms with Gasteiger partial charge in [0, 0.05) is 28.0 Å². The normalized spacial score (nSPS) is 10.7. The summed E-state index contributed by atoms with van der Waals surface area (Å²) in [5, 5.41) is 1.12. The van der Waals surface area contributed by atoms with Crippen LogP contribution in [0.25, 0.3) is 11.3 Å². The topological polar surface area (TPSA) is 16.1 Å². The maximum atomic E-state index is 4.78. The quantitative estimate of drug-likeness (QED) is 0.808. The van der Waals surface area contributed by atoms with Crippen LogP contribution in [0.3, 0.4) is 0 Å². The van der Waals surface area contributed by atoms with Crippen molar-refractivity contribution in [1.29, 1.82) is 0 Å². The Morgan fingerprint density at radius 1 is 1.17 bits per heavy atom. The molecule has 0 unspecified atom stereocenters. The van der Waals surface area contributed by atoms with Crippen molar-refractivity contribution in [3.63, 3.8) is 0 Å². The van der Waals surface area contributed by atoms with Gasteiger partial charge in [-0.1, -0.05) is 28.1 Å². The zero-order chi connectivity index (χ0) is 13.1. The lowest BCUT2D eigenvalue weighted by Gasteiger charge is -2.16. The second-order valence-corrected chi connectivity index (χ2v) is 6.18. The van der Waals surface area contributed by atoms with Crippen LogP contribution in [0.1, 0.15) is 18.7 Å². The summed E-state index contributed by atoms with van der Waals surface area (Å²) >= 11 is 5.24. The minimum Gasteiger partial charge on any atom is -0.349 e. The molecule has 0 bridgehead atoms. The smallest absolute Gasteiger partial charge is 0.186 e. The van der Waals surface area contributed by atoms with Crippen LogP contribution in [-0.2, 0) is 0 Å². The van der Waals surface area contributed by atoms with Gasteiger partial charge in [0.2, 0.25) is 0 Å². The number of anilines is 1. The van der Waals surface area contributed by atoms with Gasteiger partial charge in [-0.3, -0.25) is 0 Å². The van der Waals surface area contributed by atoms with Crippen LogP contribution in [-0.4, -0.2) is 18.1 Å². The third-order valence-electron chi connectivity index (χ3n) is 2.94. The molecule has 4 heteroatoms. The summed E-state index contributed by atoms with van der Waals surface area (Å²) in [6.45, 7) is 8.48. The second-order valence-electron chi connectivity index (χ2n) is 4.08. The van der Waals surface area contributed by atoms with Gasteiger partial charge >= 0.3 is 0 Å². The lowest BCUT2D eigenvalue weighted by Crippen LogP contribution is -2.21. The predicted molar refractivity (Wildman–Crippen MR) is 83.5 cm³/mol. The predicted octanol–water partition coefficient (Wildman–Crippen LogP) is 4.73. The maximum absolute atomic E-state index is 4.78. The number of rotatable bonds is 4. The molecule has 0 saturated carbocycles. The zero-order valence-corrected chi connectivity index (χ0v) is 13.3. The lowest BCUT2D eigenvalue weighted by molar-refractivity contribution is 0.860. The molecule has 2 rings (SSSR count). The van der Waals surface area contributed by atoms with Crippen molar-refractivity contribution >= 4 is 32.4 Å². The van der Waals surface area contributed by atoms with Crippen LogP contribution in [0.5, 0.6) is 0 Å². The van der Waals surface area contributed by atoms with Gasteiger partial charge in [-0.2, -0.15) is 0 Å². The van der Waals surface area contributed by atoms with E-state index in [1.807, 2.05) is 0 Å². The second kappa shape index (κ2) is 5.85. The third-order valence-corrected chi connectivity index (χ3v) is 4.50. The van der Waals surface area contributed by atoms with E-state index in [0.29, 0.717) is 0 Å². The molecule has 0 saturated heterocycles. The standard InChI is InChI=1S/C14H17BrN2S/c1-4-17(5-2)14-16-13(10(3)18-14)11-6-8-12(15)9-7-11/h6-9H,4-5H2,1-3H3. The Labute approximate surface area is 121 Å². The van der Waals surface area contributed by atoms with Crippen LogP contribution in [0.15, 0.2) is 28.7 Å². The molecular weight excluding hydrogens is 308 g/mol. The summed E-state index contributed by atoms with van der Waals surface area (Å²) in [6, 6.07) is 8.34. The van der Waals surface area contributed by atoms with E-state index in [9.17, 15) is 0 Å². The van der Waals surface area contributed by atoms with Gasteiger partial charge in [0.25, 0.3) is 0 Å². The minimum absolute atomic E-state index is 1.00. The molecule has 0 radical (unpaired) electrons. The van der Waals surface area contributed by atoms with Gasteiger partial charge in [-0.15, -0.1) is 11.3 Å². The SMILES string of the molecule is CCN(CC)c1nc(-c2ccc(Br)cc2)c(C)s1. The fraction of sp³-hybridized carbons (Fsp3) is 0.357. The molecule has 2 aromatic rings. The zero-order valence-electron chi connectivity index (χ0n) is 10.9. The summed E-state index contributed by atoms with van der Waals surface area (Å²) in [6.07, 6.45) is 0. The van der Waals surface area contributed by atoms with Crippen molar-refractivity contribution in [1.82, 2.24) is 4.98 Å². The van der Waals surface area contributed by atoms with Crippen molar-refractivity contribution in [3.8, 4) is 11.3 Å². The van der Waals surface area contributed by atoms with E-state index < -0.39 is 0 Å². The molecule has 0 amide bonds. The first-order chi connectivity index (χ1) is 8.65. The van der Waals surface area contributed by atoms with Gasteiger partial charge in [-0.05, 0) is 32.9 Å². The Hall–Kier alpha value is -0.870. The van der Waals surface area contributed by atoms with Crippen LogP contribution in [0, 0.1) is 6.92 Å². The first-order valence-electron chi connectivity index (χ1n) is 6.14. The molecule has 1 aromatic carbocycles. The number of halogens is 1. The summed E-state index contributed by atoms with van der Waals surface area (Å²) in [5.74, 6) is 0. The van der Waals surface area contributed by atoms with E-state index in [1.54, 1.807) is 11.3 Å². The molecule has 0 spiro atoms. The highest BCUT2D eigenvalue weighted by Crippen LogP contribution is 2.32. The molecular formula is C14H17BrN2S. The Kier molecular flexibility index (Phi) is 4.40. The number of hydrogen-bond acceptors (Lipinski definition) is 3. The number of benzene rings is 1. The molecule has 96 valence electrons. The van der Waals surface area contributed by atoms with Crippen LogP contribution in [0.4, 0.5) is 5.13 Å². The first-order valence-corrected chi connectivity index (χ1v) is 7.75. The highest BCUT2D eigenvalue weighted by molar-refractivity contribution is 9.10. The highest BCUT2D eigenvalue weighted by atomic mass is 79.9. The molecule has 18 heavy (non-hydrogen) atoms.